The van der Waals surface area contributed by atoms with Crippen LogP contribution < -0.4 is 9.80 Å². The molecule has 0 aromatic carbocycles. The van der Waals surface area contributed by atoms with Gasteiger partial charge < -0.3 is 14.5 Å². The predicted molar refractivity (Wildman–Crippen MR) is 112 cm³/mol. The van der Waals surface area contributed by atoms with E-state index in [0.29, 0.717) is 0 Å². The standard InChI is InChI=1S/C20H31N5OS/c1-2-3-4-5-6-10-25(11-8-18-16-27-17-22-18)20-21-9-7-19(23-20)24-12-14-26-15-13-24/h7,9,16-17H,2-6,8,10-15H2,1H3. The number of ether oxygens (including phenoxy) is 1. The topological polar surface area (TPSA) is 54.4 Å². The molecule has 2 aromatic heterocycles. The second kappa shape index (κ2) is 11.2. The average Bonchev–Trinajstić information content (AvgIpc) is 3.24. The van der Waals surface area contributed by atoms with Gasteiger partial charge in [0, 0.05) is 44.2 Å². The third-order valence-electron chi connectivity index (χ3n) is 4.90. The summed E-state index contributed by atoms with van der Waals surface area (Å²) in [5.41, 5.74) is 3.06. The fourth-order valence-corrected chi connectivity index (χ4v) is 3.88. The quantitative estimate of drug-likeness (QED) is 0.545. The van der Waals surface area contributed by atoms with Crippen LogP contribution in [0.1, 0.15) is 44.7 Å². The Hall–Kier alpha value is -1.73. The molecular weight excluding hydrogens is 358 g/mol. The van der Waals surface area contributed by atoms with Crippen molar-refractivity contribution in [2.45, 2.75) is 45.4 Å². The van der Waals surface area contributed by atoms with Gasteiger partial charge in [0.05, 0.1) is 24.4 Å². The minimum absolute atomic E-state index is 0.768. The van der Waals surface area contributed by atoms with Crippen molar-refractivity contribution < 1.29 is 4.74 Å². The first kappa shape index (κ1) is 20.0. The fraction of sp³-hybridized carbons (Fsp3) is 0.650. The molecule has 0 spiro atoms. The summed E-state index contributed by atoms with van der Waals surface area (Å²) in [5.74, 6) is 1.85. The van der Waals surface area contributed by atoms with E-state index in [1.54, 1.807) is 11.3 Å². The van der Waals surface area contributed by atoms with Gasteiger partial charge in [0.2, 0.25) is 5.95 Å². The number of hydrogen-bond donors (Lipinski definition) is 0. The highest BCUT2D eigenvalue weighted by Gasteiger charge is 2.16. The molecular formula is C20H31N5OS. The number of anilines is 2. The minimum atomic E-state index is 0.768. The highest BCUT2D eigenvalue weighted by molar-refractivity contribution is 7.07. The molecule has 1 aliphatic rings. The van der Waals surface area contributed by atoms with E-state index >= 15 is 0 Å². The first-order valence-corrected chi connectivity index (χ1v) is 11.1. The molecule has 0 unspecified atom stereocenters. The van der Waals surface area contributed by atoms with Crippen molar-refractivity contribution >= 4 is 23.1 Å². The first-order valence-electron chi connectivity index (χ1n) is 10.1. The summed E-state index contributed by atoms with van der Waals surface area (Å²) in [5, 5.41) is 2.13. The molecule has 0 radical (unpaired) electrons. The molecule has 0 aliphatic carbocycles. The van der Waals surface area contributed by atoms with Crippen molar-refractivity contribution in [2.24, 2.45) is 0 Å². The highest BCUT2D eigenvalue weighted by Crippen LogP contribution is 2.18. The second-order valence-electron chi connectivity index (χ2n) is 6.95. The number of nitrogens with zero attached hydrogens (tertiary/aromatic N) is 5. The van der Waals surface area contributed by atoms with Crippen molar-refractivity contribution in [3.8, 4) is 0 Å². The number of unbranched alkanes of at least 4 members (excludes halogenated alkanes) is 4. The Morgan fingerprint density at radius 3 is 2.74 bits per heavy atom. The molecule has 1 fully saturated rings. The summed E-state index contributed by atoms with van der Waals surface area (Å²) in [6, 6.07) is 2.01. The zero-order chi connectivity index (χ0) is 18.7. The average molecular weight is 390 g/mol. The van der Waals surface area contributed by atoms with Crippen LogP contribution in [0, 0.1) is 0 Å². The van der Waals surface area contributed by atoms with Gasteiger partial charge in [-0.25, -0.2) is 9.97 Å². The van der Waals surface area contributed by atoms with Crippen LogP contribution in [-0.4, -0.2) is 54.3 Å². The van der Waals surface area contributed by atoms with E-state index in [1.807, 2.05) is 17.8 Å². The number of hydrogen-bond acceptors (Lipinski definition) is 7. The SMILES string of the molecule is CCCCCCCN(CCc1cscn1)c1nccc(N2CCOCC2)n1. The van der Waals surface area contributed by atoms with Crippen LogP contribution in [-0.2, 0) is 11.2 Å². The molecule has 0 amide bonds. The van der Waals surface area contributed by atoms with Crippen molar-refractivity contribution in [1.29, 1.82) is 0 Å². The third kappa shape index (κ3) is 6.43. The van der Waals surface area contributed by atoms with E-state index in [2.05, 4.69) is 32.1 Å². The minimum Gasteiger partial charge on any atom is -0.378 e. The maximum Gasteiger partial charge on any atom is 0.227 e. The summed E-state index contributed by atoms with van der Waals surface area (Å²) in [6.45, 7) is 7.49. The Kier molecular flexibility index (Phi) is 8.30. The molecule has 7 heteroatoms. The van der Waals surface area contributed by atoms with Crippen molar-refractivity contribution in [3.63, 3.8) is 0 Å². The van der Waals surface area contributed by atoms with Gasteiger partial charge in [0.1, 0.15) is 5.82 Å². The Morgan fingerprint density at radius 1 is 1.11 bits per heavy atom. The number of rotatable bonds is 11. The summed E-state index contributed by atoms with van der Waals surface area (Å²) in [7, 11) is 0. The van der Waals surface area contributed by atoms with Crippen LogP contribution in [0.2, 0.25) is 0 Å². The monoisotopic (exact) mass is 389 g/mol. The van der Waals surface area contributed by atoms with E-state index < -0.39 is 0 Å². The molecule has 3 rings (SSSR count). The number of thiazole rings is 1. The van der Waals surface area contributed by atoms with E-state index in [-0.39, 0.29) is 0 Å². The van der Waals surface area contributed by atoms with Crippen LogP contribution in [0.15, 0.2) is 23.2 Å². The highest BCUT2D eigenvalue weighted by atomic mass is 32.1. The maximum absolute atomic E-state index is 5.46. The summed E-state index contributed by atoms with van der Waals surface area (Å²) in [6.07, 6.45) is 9.18. The van der Waals surface area contributed by atoms with Gasteiger partial charge >= 0.3 is 0 Å². The first-order chi connectivity index (χ1) is 13.4. The van der Waals surface area contributed by atoms with Crippen LogP contribution in [0.25, 0.3) is 0 Å². The summed E-state index contributed by atoms with van der Waals surface area (Å²) < 4.78 is 5.46. The van der Waals surface area contributed by atoms with E-state index in [1.165, 1.54) is 32.1 Å². The van der Waals surface area contributed by atoms with Crippen LogP contribution in [0.5, 0.6) is 0 Å². The van der Waals surface area contributed by atoms with Crippen molar-refractivity contribution in [1.82, 2.24) is 15.0 Å². The maximum atomic E-state index is 5.46. The summed E-state index contributed by atoms with van der Waals surface area (Å²) in [4.78, 5) is 18.5. The van der Waals surface area contributed by atoms with Gasteiger partial charge in [-0.1, -0.05) is 32.6 Å². The van der Waals surface area contributed by atoms with Gasteiger partial charge in [0.15, 0.2) is 0 Å². The lowest BCUT2D eigenvalue weighted by Crippen LogP contribution is -2.37. The molecule has 0 bridgehead atoms. The number of morpholine rings is 1. The summed E-state index contributed by atoms with van der Waals surface area (Å²) >= 11 is 1.66. The van der Waals surface area contributed by atoms with Crippen LogP contribution in [0.4, 0.5) is 11.8 Å². The molecule has 27 heavy (non-hydrogen) atoms. The van der Waals surface area contributed by atoms with Gasteiger partial charge in [-0.2, -0.15) is 4.98 Å². The van der Waals surface area contributed by atoms with Gasteiger partial charge in [-0.3, -0.25) is 0 Å². The number of aromatic nitrogens is 3. The largest absolute Gasteiger partial charge is 0.378 e. The van der Waals surface area contributed by atoms with Gasteiger partial charge in [0.25, 0.3) is 0 Å². The van der Waals surface area contributed by atoms with Crippen molar-refractivity contribution in [2.75, 3.05) is 49.2 Å². The lowest BCUT2D eigenvalue weighted by Gasteiger charge is -2.29. The molecule has 6 nitrogen and oxygen atoms in total. The third-order valence-corrected chi connectivity index (χ3v) is 5.53. The zero-order valence-electron chi connectivity index (χ0n) is 16.3. The normalized spacial score (nSPS) is 14.5. The van der Waals surface area contributed by atoms with Crippen LogP contribution >= 0.6 is 11.3 Å². The molecule has 2 aromatic rings. The molecule has 3 heterocycles. The fourth-order valence-electron chi connectivity index (χ4n) is 3.29. The molecule has 1 saturated heterocycles. The lowest BCUT2D eigenvalue weighted by molar-refractivity contribution is 0.122. The zero-order valence-corrected chi connectivity index (χ0v) is 17.2. The van der Waals surface area contributed by atoms with Gasteiger partial charge in [-0.05, 0) is 12.5 Å². The smallest absolute Gasteiger partial charge is 0.227 e. The van der Waals surface area contributed by atoms with Gasteiger partial charge in [-0.15, -0.1) is 11.3 Å². The second-order valence-corrected chi connectivity index (χ2v) is 7.66. The van der Waals surface area contributed by atoms with E-state index in [9.17, 15) is 0 Å². The predicted octanol–water partition coefficient (Wildman–Crippen LogP) is 3.79. The molecule has 1 aliphatic heterocycles. The molecule has 0 saturated carbocycles. The Bertz CT molecular complexity index is 646. The molecule has 0 atom stereocenters. The van der Waals surface area contributed by atoms with Crippen LogP contribution in [0.3, 0.4) is 0 Å². The lowest BCUT2D eigenvalue weighted by atomic mass is 10.1. The molecule has 148 valence electrons. The van der Waals surface area contributed by atoms with Crippen molar-refractivity contribution in [3.05, 3.63) is 28.8 Å². The Morgan fingerprint density at radius 2 is 1.96 bits per heavy atom. The molecule has 0 N–H and O–H groups in total. The Labute approximate surface area is 166 Å². The Balaban J connectivity index is 1.64. The van der Waals surface area contributed by atoms with E-state index in [0.717, 1.165) is 63.3 Å². The van der Waals surface area contributed by atoms with E-state index in [4.69, 9.17) is 9.72 Å².